The van der Waals surface area contributed by atoms with Crippen molar-refractivity contribution in [3.05, 3.63) is 0 Å². The largest absolute Gasteiger partial charge is 0.306 e. The van der Waals surface area contributed by atoms with Gasteiger partial charge in [-0.15, -0.1) is 0 Å². The van der Waals surface area contributed by atoms with Gasteiger partial charge in [-0.3, -0.25) is 0 Å². The maximum Gasteiger partial charge on any atom is -0.000959 e. The molecular weight excluding hydrogens is 184 g/mol. The lowest BCUT2D eigenvalue weighted by atomic mass is 10.3. The van der Waals surface area contributed by atoms with Crippen molar-refractivity contribution in [2.45, 2.75) is 47.0 Å². The zero-order valence-electron chi connectivity index (χ0n) is 11.8. The van der Waals surface area contributed by atoms with Crippen LogP contribution in [0.25, 0.3) is 0 Å². The molecule has 0 unspecified atom stereocenters. The zero-order chi connectivity index (χ0) is 12.1. The molecule has 2 heterocycles. The second-order valence-electron chi connectivity index (χ2n) is 3.67. The van der Waals surface area contributed by atoms with Crippen molar-refractivity contribution in [3.8, 4) is 0 Å². The van der Waals surface area contributed by atoms with Gasteiger partial charge in [0.15, 0.2) is 0 Å². The molecule has 0 spiro atoms. The molecule has 2 aliphatic rings. The molecule has 0 N–H and O–H groups in total. The third kappa shape index (κ3) is 11.8. The summed E-state index contributed by atoms with van der Waals surface area (Å²) in [5.74, 6) is 0. The molecule has 2 heteroatoms. The Balaban J connectivity index is 0. The Morgan fingerprint density at radius 1 is 0.533 bits per heavy atom. The van der Waals surface area contributed by atoms with Crippen LogP contribution in [0.4, 0.5) is 0 Å². The number of rotatable bonds is 0. The monoisotopic (exact) mass is 216 g/mol. The Morgan fingerprint density at radius 2 is 0.800 bits per heavy atom. The maximum absolute atomic E-state index is 2.36. The summed E-state index contributed by atoms with van der Waals surface area (Å²) in [5.41, 5.74) is 0. The molecule has 2 aliphatic heterocycles. The van der Waals surface area contributed by atoms with Gasteiger partial charge in [0.25, 0.3) is 0 Å². The minimum Gasteiger partial charge on any atom is -0.306 e. The summed E-state index contributed by atoms with van der Waals surface area (Å²) in [6.07, 6.45) is 4.24. The Labute approximate surface area is 97.6 Å². The smallest absolute Gasteiger partial charge is 0.000959 e. The number of likely N-dealkylation sites (tertiary alicyclic amines) is 2. The molecule has 0 aromatic heterocycles. The third-order valence-electron chi connectivity index (χ3n) is 2.41. The fourth-order valence-corrected chi connectivity index (χ4v) is 1.35. The van der Waals surface area contributed by atoms with E-state index in [0.29, 0.717) is 0 Å². The first-order valence-corrected chi connectivity index (χ1v) is 6.66. The first kappa shape index (κ1) is 17.3. The SMILES string of the molecule is CC.CC.CN1CCC1.CN1CCCC1. The normalized spacial score (nSPS) is 19.6. The predicted octanol–water partition coefficient (Wildman–Crippen LogP) is 3.09. The summed E-state index contributed by atoms with van der Waals surface area (Å²) in [5, 5.41) is 0. The van der Waals surface area contributed by atoms with Crippen LogP contribution >= 0.6 is 0 Å². The Bertz CT molecular complexity index is 94.7. The van der Waals surface area contributed by atoms with E-state index in [1.54, 1.807) is 0 Å². The average molecular weight is 216 g/mol. The predicted molar refractivity (Wildman–Crippen MR) is 71.5 cm³/mol. The van der Waals surface area contributed by atoms with E-state index in [-0.39, 0.29) is 0 Å². The zero-order valence-corrected chi connectivity index (χ0v) is 11.8. The van der Waals surface area contributed by atoms with E-state index in [1.165, 1.54) is 45.4 Å². The second-order valence-corrected chi connectivity index (χ2v) is 3.67. The molecule has 0 bridgehead atoms. The lowest BCUT2D eigenvalue weighted by Gasteiger charge is -2.24. The van der Waals surface area contributed by atoms with Gasteiger partial charge in [-0.2, -0.15) is 0 Å². The van der Waals surface area contributed by atoms with Crippen LogP contribution in [0.2, 0.25) is 0 Å². The van der Waals surface area contributed by atoms with E-state index in [2.05, 4.69) is 23.9 Å². The van der Waals surface area contributed by atoms with E-state index >= 15 is 0 Å². The fourth-order valence-electron chi connectivity index (χ4n) is 1.35. The lowest BCUT2D eigenvalue weighted by Crippen LogP contribution is -2.32. The molecule has 15 heavy (non-hydrogen) atoms. The first-order valence-electron chi connectivity index (χ1n) is 6.66. The average Bonchev–Trinajstić information content (AvgIpc) is 2.73. The van der Waals surface area contributed by atoms with Crippen LogP contribution in [0.15, 0.2) is 0 Å². The highest BCUT2D eigenvalue weighted by Crippen LogP contribution is 2.02. The molecule has 0 amide bonds. The van der Waals surface area contributed by atoms with Gasteiger partial charge in [0.2, 0.25) is 0 Å². The van der Waals surface area contributed by atoms with Crippen LogP contribution in [-0.4, -0.2) is 50.1 Å². The van der Waals surface area contributed by atoms with E-state index < -0.39 is 0 Å². The minimum absolute atomic E-state index is 1.32. The molecule has 2 fully saturated rings. The van der Waals surface area contributed by atoms with E-state index in [0.717, 1.165) is 0 Å². The van der Waals surface area contributed by atoms with Crippen LogP contribution < -0.4 is 0 Å². The van der Waals surface area contributed by atoms with Gasteiger partial charge in [0.05, 0.1) is 0 Å². The van der Waals surface area contributed by atoms with Crippen molar-refractivity contribution in [1.29, 1.82) is 0 Å². The molecular formula is C13H32N2. The molecule has 2 rings (SSSR count). The van der Waals surface area contributed by atoms with E-state index in [9.17, 15) is 0 Å². The van der Waals surface area contributed by atoms with Gasteiger partial charge < -0.3 is 9.80 Å². The maximum atomic E-state index is 2.36. The summed E-state index contributed by atoms with van der Waals surface area (Å²) in [7, 11) is 4.32. The third-order valence-corrected chi connectivity index (χ3v) is 2.41. The molecule has 0 aliphatic carbocycles. The van der Waals surface area contributed by atoms with E-state index in [1.807, 2.05) is 27.7 Å². The van der Waals surface area contributed by atoms with Crippen LogP contribution in [0, 0.1) is 0 Å². The molecule has 0 aromatic carbocycles. The summed E-state index contributed by atoms with van der Waals surface area (Å²) in [6, 6.07) is 0. The number of nitrogens with zero attached hydrogens (tertiary/aromatic N) is 2. The van der Waals surface area contributed by atoms with Crippen molar-refractivity contribution < 1.29 is 0 Å². The van der Waals surface area contributed by atoms with Gasteiger partial charge in [-0.05, 0) is 59.5 Å². The summed E-state index contributed by atoms with van der Waals surface area (Å²) < 4.78 is 0. The van der Waals surface area contributed by atoms with Gasteiger partial charge in [-0.1, -0.05) is 27.7 Å². The molecule has 0 aromatic rings. The second kappa shape index (κ2) is 13.9. The first-order chi connectivity index (χ1) is 7.29. The van der Waals surface area contributed by atoms with Crippen molar-refractivity contribution in [2.24, 2.45) is 0 Å². The van der Waals surface area contributed by atoms with Gasteiger partial charge in [0.1, 0.15) is 0 Å². The van der Waals surface area contributed by atoms with Crippen LogP contribution in [0.3, 0.4) is 0 Å². The number of hydrogen-bond acceptors (Lipinski definition) is 2. The molecule has 94 valence electrons. The Morgan fingerprint density at radius 3 is 0.867 bits per heavy atom. The highest BCUT2D eigenvalue weighted by molar-refractivity contribution is 4.61. The molecule has 0 radical (unpaired) electrons. The summed E-state index contributed by atoms with van der Waals surface area (Å²) >= 11 is 0. The van der Waals surface area contributed by atoms with Gasteiger partial charge in [-0.25, -0.2) is 0 Å². The Kier molecular flexibility index (Phi) is 16.1. The minimum atomic E-state index is 1.32. The standard InChI is InChI=1S/C5H11N.C4H9N.2C2H6/c1-6-4-2-3-5-6;1-5-3-2-4-5;2*1-2/h2-5H2,1H3;2-4H2,1H3;2*1-2H3. The summed E-state index contributed by atoms with van der Waals surface area (Å²) in [4.78, 5) is 4.67. The molecule has 0 saturated carbocycles. The van der Waals surface area contributed by atoms with Crippen molar-refractivity contribution in [1.82, 2.24) is 9.80 Å². The van der Waals surface area contributed by atoms with Crippen LogP contribution in [-0.2, 0) is 0 Å². The topological polar surface area (TPSA) is 6.48 Å². The Hall–Kier alpha value is -0.0800. The van der Waals surface area contributed by atoms with Crippen LogP contribution in [0.1, 0.15) is 47.0 Å². The highest BCUT2D eigenvalue weighted by atomic mass is 15.1. The lowest BCUT2D eigenvalue weighted by molar-refractivity contribution is 0.229. The van der Waals surface area contributed by atoms with Gasteiger partial charge in [0, 0.05) is 0 Å². The molecule has 0 atom stereocenters. The van der Waals surface area contributed by atoms with Crippen LogP contribution in [0.5, 0.6) is 0 Å². The highest BCUT2D eigenvalue weighted by Gasteiger charge is 2.04. The van der Waals surface area contributed by atoms with Gasteiger partial charge >= 0.3 is 0 Å². The number of hydrogen-bond donors (Lipinski definition) is 0. The van der Waals surface area contributed by atoms with E-state index in [4.69, 9.17) is 0 Å². The van der Waals surface area contributed by atoms with Crippen molar-refractivity contribution in [3.63, 3.8) is 0 Å². The molecule has 2 saturated heterocycles. The quantitative estimate of drug-likeness (QED) is 0.614. The van der Waals surface area contributed by atoms with Crippen molar-refractivity contribution >= 4 is 0 Å². The van der Waals surface area contributed by atoms with Crippen molar-refractivity contribution in [2.75, 3.05) is 40.3 Å². The summed E-state index contributed by atoms with van der Waals surface area (Å²) in [6.45, 7) is 13.3. The fraction of sp³-hybridized carbons (Fsp3) is 1.00. The molecule has 2 nitrogen and oxygen atoms in total.